The number of H-pyrrole nitrogens is 1. The summed E-state index contributed by atoms with van der Waals surface area (Å²) in [7, 11) is 0. The second-order valence-electron chi connectivity index (χ2n) is 8.22. The molecule has 1 aromatic carbocycles. The van der Waals surface area contributed by atoms with Crippen molar-refractivity contribution in [3.8, 4) is 0 Å². The predicted octanol–water partition coefficient (Wildman–Crippen LogP) is 1.93. The minimum Gasteiger partial charge on any atom is -0.394 e. The van der Waals surface area contributed by atoms with E-state index in [1.54, 1.807) is 0 Å². The third kappa shape index (κ3) is 5.18. The molecule has 8 heteroatoms. The lowest BCUT2D eigenvalue weighted by Crippen LogP contribution is -2.39. The standard InChI is InChI=1S/C22H30N4O4/c1-14(2)11-16(13-27)24-20(28)8-7-19-21(29)26(22(30)25-19)10-9-15-12-23-18-6-4-3-5-17(15)18/h3-6,12,14,16,19,23,27H,7-11,13H2,1-2H3,(H,24,28)(H,25,30)/t16-,19-/m0/s1. The molecule has 4 N–H and O–H groups in total. The van der Waals surface area contributed by atoms with Gasteiger partial charge in [0.15, 0.2) is 0 Å². The molecule has 4 amide bonds. The van der Waals surface area contributed by atoms with Gasteiger partial charge in [-0.25, -0.2) is 4.79 Å². The maximum Gasteiger partial charge on any atom is 0.324 e. The van der Waals surface area contributed by atoms with E-state index in [2.05, 4.69) is 15.6 Å². The fourth-order valence-electron chi connectivity index (χ4n) is 3.88. The van der Waals surface area contributed by atoms with Crippen molar-refractivity contribution in [2.45, 2.75) is 51.6 Å². The van der Waals surface area contributed by atoms with Gasteiger partial charge in [-0.2, -0.15) is 0 Å². The van der Waals surface area contributed by atoms with Crippen LogP contribution in [-0.4, -0.2) is 58.1 Å². The number of para-hydroxylation sites is 1. The summed E-state index contributed by atoms with van der Waals surface area (Å²) < 4.78 is 0. The predicted molar refractivity (Wildman–Crippen MR) is 114 cm³/mol. The Labute approximate surface area is 176 Å². The number of aliphatic hydroxyl groups excluding tert-OH is 1. The first-order valence-electron chi connectivity index (χ1n) is 10.5. The van der Waals surface area contributed by atoms with E-state index in [-0.39, 0.29) is 43.8 Å². The van der Waals surface area contributed by atoms with Crippen molar-refractivity contribution in [2.24, 2.45) is 5.92 Å². The highest BCUT2D eigenvalue weighted by Crippen LogP contribution is 2.19. The van der Waals surface area contributed by atoms with E-state index in [1.807, 2.05) is 44.3 Å². The minimum atomic E-state index is -0.691. The molecule has 3 rings (SSSR count). The Kier molecular flexibility index (Phi) is 7.10. The van der Waals surface area contributed by atoms with Crippen molar-refractivity contribution in [1.29, 1.82) is 0 Å². The third-order valence-electron chi connectivity index (χ3n) is 5.39. The van der Waals surface area contributed by atoms with Crippen LogP contribution in [0.2, 0.25) is 0 Å². The molecule has 0 saturated carbocycles. The van der Waals surface area contributed by atoms with E-state index < -0.39 is 12.1 Å². The van der Waals surface area contributed by atoms with Crippen LogP contribution >= 0.6 is 0 Å². The number of aliphatic hydroxyl groups is 1. The maximum atomic E-state index is 12.6. The van der Waals surface area contributed by atoms with Crippen molar-refractivity contribution >= 4 is 28.7 Å². The van der Waals surface area contributed by atoms with Gasteiger partial charge in [0.25, 0.3) is 5.91 Å². The SMILES string of the molecule is CC(C)C[C@@H](CO)NC(=O)CC[C@@H]1NC(=O)N(CCc2c[nH]c3ccccc23)C1=O. The van der Waals surface area contributed by atoms with Gasteiger partial charge in [-0.05, 0) is 36.8 Å². The topological polar surface area (TPSA) is 115 Å². The highest BCUT2D eigenvalue weighted by molar-refractivity contribution is 6.04. The van der Waals surface area contributed by atoms with E-state index in [0.717, 1.165) is 16.5 Å². The number of amides is 4. The van der Waals surface area contributed by atoms with Crippen LogP contribution < -0.4 is 10.6 Å². The summed E-state index contributed by atoms with van der Waals surface area (Å²) in [4.78, 5) is 41.5. The smallest absolute Gasteiger partial charge is 0.324 e. The van der Waals surface area contributed by atoms with Crippen LogP contribution in [-0.2, 0) is 16.0 Å². The van der Waals surface area contributed by atoms with Gasteiger partial charge in [0.05, 0.1) is 12.6 Å². The molecular weight excluding hydrogens is 384 g/mol. The molecule has 2 atom stereocenters. The first kappa shape index (κ1) is 21.8. The molecule has 1 aromatic heterocycles. The number of carbonyl (C=O) groups excluding carboxylic acids is 3. The number of imide groups is 1. The summed E-state index contributed by atoms with van der Waals surface area (Å²) in [6.45, 7) is 4.21. The van der Waals surface area contributed by atoms with E-state index in [0.29, 0.717) is 18.8 Å². The van der Waals surface area contributed by atoms with Gasteiger partial charge in [0.2, 0.25) is 5.91 Å². The highest BCUT2D eigenvalue weighted by Gasteiger charge is 2.37. The number of nitrogens with one attached hydrogen (secondary N) is 3. The van der Waals surface area contributed by atoms with Gasteiger partial charge in [-0.15, -0.1) is 0 Å². The molecule has 1 aliphatic rings. The second-order valence-corrected chi connectivity index (χ2v) is 8.22. The van der Waals surface area contributed by atoms with Crippen molar-refractivity contribution in [2.75, 3.05) is 13.2 Å². The van der Waals surface area contributed by atoms with Crippen LogP contribution in [0.25, 0.3) is 10.9 Å². The summed E-state index contributed by atoms with van der Waals surface area (Å²) in [6, 6.07) is 6.49. The third-order valence-corrected chi connectivity index (χ3v) is 5.39. The fourth-order valence-corrected chi connectivity index (χ4v) is 3.88. The van der Waals surface area contributed by atoms with E-state index in [1.165, 1.54) is 4.90 Å². The quantitative estimate of drug-likeness (QED) is 0.445. The summed E-state index contributed by atoms with van der Waals surface area (Å²) in [5.41, 5.74) is 2.07. The average Bonchev–Trinajstić information content (AvgIpc) is 3.24. The minimum absolute atomic E-state index is 0.113. The molecule has 0 aliphatic carbocycles. The number of aromatic nitrogens is 1. The first-order valence-corrected chi connectivity index (χ1v) is 10.5. The monoisotopic (exact) mass is 414 g/mol. The Morgan fingerprint density at radius 2 is 2.03 bits per heavy atom. The van der Waals surface area contributed by atoms with Crippen LogP contribution in [0.1, 0.15) is 38.7 Å². The van der Waals surface area contributed by atoms with Crippen molar-refractivity contribution < 1.29 is 19.5 Å². The van der Waals surface area contributed by atoms with Gasteiger partial charge < -0.3 is 20.7 Å². The Hall–Kier alpha value is -2.87. The normalized spacial score (nSPS) is 17.6. The molecule has 2 heterocycles. The number of benzene rings is 1. The number of hydrogen-bond acceptors (Lipinski definition) is 4. The summed E-state index contributed by atoms with van der Waals surface area (Å²) >= 11 is 0. The number of fused-ring (bicyclic) bond motifs is 1. The van der Waals surface area contributed by atoms with Gasteiger partial charge in [-0.3, -0.25) is 14.5 Å². The highest BCUT2D eigenvalue weighted by atomic mass is 16.3. The molecule has 0 spiro atoms. The summed E-state index contributed by atoms with van der Waals surface area (Å²) in [5.74, 6) is -0.175. The van der Waals surface area contributed by atoms with Crippen LogP contribution in [0.5, 0.6) is 0 Å². The summed E-state index contributed by atoms with van der Waals surface area (Å²) in [5, 5.41) is 15.9. The molecule has 30 heavy (non-hydrogen) atoms. The Morgan fingerprint density at radius 1 is 1.27 bits per heavy atom. The summed E-state index contributed by atoms with van der Waals surface area (Å²) in [6.07, 6.45) is 3.49. The van der Waals surface area contributed by atoms with Gasteiger partial charge in [-0.1, -0.05) is 32.0 Å². The first-order chi connectivity index (χ1) is 14.4. The van der Waals surface area contributed by atoms with Crippen molar-refractivity contribution in [3.05, 3.63) is 36.0 Å². The van der Waals surface area contributed by atoms with Gasteiger partial charge in [0, 0.05) is 30.1 Å². The van der Waals surface area contributed by atoms with Crippen LogP contribution in [0.3, 0.4) is 0 Å². The van der Waals surface area contributed by atoms with Gasteiger partial charge in [0.1, 0.15) is 6.04 Å². The molecule has 162 valence electrons. The van der Waals surface area contributed by atoms with Crippen molar-refractivity contribution in [3.63, 3.8) is 0 Å². The Morgan fingerprint density at radius 3 is 2.77 bits per heavy atom. The Balaban J connectivity index is 1.50. The molecule has 1 fully saturated rings. The molecule has 8 nitrogen and oxygen atoms in total. The molecule has 1 aliphatic heterocycles. The zero-order chi connectivity index (χ0) is 21.7. The molecular formula is C22H30N4O4. The number of rotatable bonds is 10. The molecule has 0 radical (unpaired) electrons. The molecule has 2 aromatic rings. The van der Waals surface area contributed by atoms with Crippen molar-refractivity contribution in [1.82, 2.24) is 20.5 Å². The lowest BCUT2D eigenvalue weighted by molar-refractivity contribution is -0.127. The molecule has 0 unspecified atom stereocenters. The van der Waals surface area contributed by atoms with Crippen LogP contribution in [0.4, 0.5) is 4.79 Å². The zero-order valence-corrected chi connectivity index (χ0v) is 17.5. The van der Waals surface area contributed by atoms with Crippen LogP contribution in [0, 0.1) is 5.92 Å². The number of nitrogens with zero attached hydrogens (tertiary/aromatic N) is 1. The molecule has 0 bridgehead atoms. The lowest BCUT2D eigenvalue weighted by atomic mass is 10.0. The number of carbonyl (C=O) groups is 3. The fraction of sp³-hybridized carbons (Fsp3) is 0.500. The zero-order valence-electron chi connectivity index (χ0n) is 17.5. The number of hydrogen-bond donors (Lipinski definition) is 4. The number of aromatic amines is 1. The largest absolute Gasteiger partial charge is 0.394 e. The van der Waals surface area contributed by atoms with Gasteiger partial charge >= 0.3 is 6.03 Å². The number of urea groups is 1. The van der Waals surface area contributed by atoms with E-state index in [9.17, 15) is 19.5 Å². The maximum absolute atomic E-state index is 12.6. The average molecular weight is 415 g/mol. The molecule has 1 saturated heterocycles. The second kappa shape index (κ2) is 9.75. The van der Waals surface area contributed by atoms with E-state index >= 15 is 0 Å². The Bertz CT molecular complexity index is 907. The van der Waals surface area contributed by atoms with E-state index in [4.69, 9.17) is 0 Å². The lowest BCUT2D eigenvalue weighted by Gasteiger charge is -2.18. The van der Waals surface area contributed by atoms with Crippen LogP contribution in [0.15, 0.2) is 30.5 Å².